The number of rotatable bonds is 10. The van der Waals surface area contributed by atoms with Gasteiger partial charge in [-0.2, -0.15) is 13.3 Å². The quantitative estimate of drug-likeness (QED) is 0.137. The van der Waals surface area contributed by atoms with Gasteiger partial charge in [0.15, 0.2) is 0 Å². The summed E-state index contributed by atoms with van der Waals surface area (Å²) in [6.45, 7) is 8.56. The fraction of sp³-hybridized carbons (Fsp3) is 0.174. The Kier molecular flexibility index (Phi) is 10.2. The van der Waals surface area contributed by atoms with Crippen LogP contribution in [0.4, 0.5) is 11.4 Å². The van der Waals surface area contributed by atoms with Crippen molar-refractivity contribution in [2.75, 3.05) is 23.0 Å². The molecule has 2 N–H and O–H groups in total. The van der Waals surface area contributed by atoms with Crippen LogP contribution >= 0.6 is 0 Å². The summed E-state index contributed by atoms with van der Waals surface area (Å²) in [5.74, 6) is 0. The molecule has 0 unspecified atom stereocenters. The molecular formula is C46H44N4O2Pt. The Morgan fingerprint density at radius 2 is 0.906 bits per heavy atom. The summed E-state index contributed by atoms with van der Waals surface area (Å²) in [5.41, 5.74) is 5.74. The van der Waals surface area contributed by atoms with E-state index in [0.29, 0.717) is 6.42 Å². The van der Waals surface area contributed by atoms with Crippen LogP contribution in [0.1, 0.15) is 42.5 Å². The number of anilines is 2. The smallest absolute Gasteiger partial charge is 0.491 e. The van der Waals surface area contributed by atoms with Crippen molar-refractivity contribution in [3.63, 3.8) is 0 Å². The summed E-state index contributed by atoms with van der Waals surface area (Å²) >= 11 is 0. The molecule has 0 amide bonds. The molecule has 3 aliphatic rings. The number of hydrogen-bond donors (Lipinski definition) is 2. The van der Waals surface area contributed by atoms with Crippen LogP contribution < -0.4 is 9.80 Å². The van der Waals surface area contributed by atoms with Crippen LogP contribution in [-0.2, 0) is 32.1 Å². The molecule has 0 bridgehead atoms. The fourth-order valence-electron chi connectivity index (χ4n) is 8.29. The first-order valence-corrected chi connectivity index (χ1v) is 17.9. The van der Waals surface area contributed by atoms with Crippen molar-refractivity contribution < 1.29 is 31.3 Å². The van der Waals surface area contributed by atoms with Gasteiger partial charge < -0.3 is 29.8 Å². The van der Waals surface area contributed by atoms with Gasteiger partial charge >= 0.3 is 21.1 Å². The first-order chi connectivity index (χ1) is 25.5. The van der Waals surface area contributed by atoms with Crippen LogP contribution in [0.5, 0.6) is 0 Å². The topological polar surface area (TPSA) is 53.4 Å². The molecule has 7 heteroatoms. The molecule has 0 aromatic heterocycles. The Morgan fingerprint density at radius 3 is 1.36 bits per heavy atom. The molecule has 0 atom stereocenters. The normalized spacial score (nSPS) is 15.7. The van der Waals surface area contributed by atoms with Crippen molar-refractivity contribution in [1.29, 1.82) is 0 Å². The number of hydrogen-bond acceptors (Lipinski definition) is 6. The van der Waals surface area contributed by atoms with Gasteiger partial charge in [0.05, 0.1) is 30.0 Å². The number of benzene rings is 5. The van der Waals surface area contributed by atoms with E-state index in [0.717, 1.165) is 45.0 Å². The monoisotopic (exact) mass is 879 g/mol. The van der Waals surface area contributed by atoms with E-state index in [1.165, 1.54) is 0 Å². The molecule has 2 aliphatic heterocycles. The van der Waals surface area contributed by atoms with Crippen LogP contribution in [0, 0.1) is 13.3 Å². The molecule has 0 fully saturated rings. The molecule has 5 aromatic rings. The minimum Gasteiger partial charge on any atom is -0.491 e. The zero-order chi connectivity index (χ0) is 35.8. The van der Waals surface area contributed by atoms with E-state index in [-0.39, 0.29) is 34.3 Å². The zero-order valence-corrected chi connectivity index (χ0v) is 32.2. The SMILES string of the molecule is CC(C)(N1[CH-]N(C(CO)(c2ccccc2)c2ccccc2)C2=C1C=CC=CC2)N1[CH-]N(C(CO)(c2ccccc2)c2ccccc2)c2ccccc21.[Pt+2]. The summed E-state index contributed by atoms with van der Waals surface area (Å²) in [5, 5.41) is 23.2. The average Bonchev–Trinajstić information content (AvgIpc) is 3.69. The van der Waals surface area contributed by atoms with Crippen LogP contribution in [-0.4, -0.2) is 38.9 Å². The summed E-state index contributed by atoms with van der Waals surface area (Å²) in [6, 6.07) is 49.6. The van der Waals surface area contributed by atoms with Gasteiger partial charge in [-0.25, -0.2) is 0 Å². The van der Waals surface area contributed by atoms with E-state index in [1.807, 2.05) is 72.8 Å². The zero-order valence-electron chi connectivity index (χ0n) is 29.9. The van der Waals surface area contributed by atoms with Crippen LogP contribution in [0.15, 0.2) is 181 Å². The predicted octanol–water partition coefficient (Wildman–Crippen LogP) is 8.50. The number of fused-ring (bicyclic) bond motifs is 1. The van der Waals surface area contributed by atoms with Crippen LogP contribution in [0.25, 0.3) is 0 Å². The van der Waals surface area contributed by atoms with E-state index in [1.54, 1.807) is 0 Å². The van der Waals surface area contributed by atoms with Crippen LogP contribution in [0.2, 0.25) is 0 Å². The molecule has 8 rings (SSSR count). The maximum Gasteiger partial charge on any atom is 2.00 e. The van der Waals surface area contributed by atoms with Gasteiger partial charge in [-0.1, -0.05) is 152 Å². The van der Waals surface area contributed by atoms with Crippen molar-refractivity contribution >= 4 is 11.4 Å². The molecule has 0 spiro atoms. The van der Waals surface area contributed by atoms with Gasteiger partial charge in [-0.3, -0.25) is 0 Å². The third kappa shape index (κ3) is 5.85. The first kappa shape index (κ1) is 36.5. The van der Waals surface area contributed by atoms with E-state index in [4.69, 9.17) is 0 Å². The molecule has 2 heterocycles. The van der Waals surface area contributed by atoms with Crippen molar-refractivity contribution in [2.45, 2.75) is 37.0 Å². The number of aliphatic hydroxyl groups is 2. The Morgan fingerprint density at radius 1 is 0.509 bits per heavy atom. The molecule has 5 aromatic carbocycles. The van der Waals surface area contributed by atoms with E-state index in [2.05, 4.69) is 144 Å². The summed E-state index contributed by atoms with van der Waals surface area (Å²) < 4.78 is 0. The number of aliphatic hydroxyl groups excluding tert-OH is 2. The third-order valence-corrected chi connectivity index (χ3v) is 11.0. The van der Waals surface area contributed by atoms with E-state index in [9.17, 15) is 10.2 Å². The van der Waals surface area contributed by atoms with E-state index < -0.39 is 16.7 Å². The average molecular weight is 880 g/mol. The van der Waals surface area contributed by atoms with Gasteiger partial charge in [0.1, 0.15) is 0 Å². The van der Waals surface area contributed by atoms with Crippen molar-refractivity contribution in [2.24, 2.45) is 0 Å². The predicted molar refractivity (Wildman–Crippen MR) is 209 cm³/mol. The maximum atomic E-state index is 11.6. The minimum absolute atomic E-state index is 0. The molecule has 1 aliphatic carbocycles. The van der Waals surface area contributed by atoms with Gasteiger partial charge in [0.25, 0.3) is 0 Å². The second-order valence-electron chi connectivity index (χ2n) is 14.0. The number of para-hydroxylation sites is 2. The van der Waals surface area contributed by atoms with Gasteiger partial charge in [-0.05, 0) is 54.3 Å². The Balaban J connectivity index is 0.00000435. The second-order valence-corrected chi connectivity index (χ2v) is 14.0. The Bertz CT molecular complexity index is 2020. The third-order valence-electron chi connectivity index (χ3n) is 11.0. The first-order valence-electron chi connectivity index (χ1n) is 17.9. The van der Waals surface area contributed by atoms with Crippen molar-refractivity contribution in [1.82, 2.24) is 9.80 Å². The van der Waals surface area contributed by atoms with Gasteiger partial charge in [-0.15, -0.1) is 0 Å². The molecule has 0 saturated heterocycles. The van der Waals surface area contributed by atoms with Gasteiger partial charge in [0.2, 0.25) is 0 Å². The Hall–Kier alpha value is -4.87. The number of nitrogens with zero attached hydrogens (tertiary/aromatic N) is 4. The largest absolute Gasteiger partial charge is 2.00 e. The second kappa shape index (κ2) is 14.9. The maximum absolute atomic E-state index is 11.6. The molecule has 6 nitrogen and oxygen atoms in total. The summed E-state index contributed by atoms with van der Waals surface area (Å²) in [4.78, 5) is 9.19. The molecule has 53 heavy (non-hydrogen) atoms. The van der Waals surface area contributed by atoms with E-state index >= 15 is 0 Å². The van der Waals surface area contributed by atoms with Crippen molar-refractivity contribution in [3.05, 3.63) is 217 Å². The number of allylic oxidation sites excluding steroid dienone is 4. The molecular weight excluding hydrogens is 836 g/mol. The van der Waals surface area contributed by atoms with Crippen LogP contribution in [0.3, 0.4) is 0 Å². The van der Waals surface area contributed by atoms with Crippen molar-refractivity contribution in [3.8, 4) is 0 Å². The molecule has 0 saturated carbocycles. The summed E-state index contributed by atoms with van der Waals surface area (Å²) in [7, 11) is 0. The standard InChI is InChI=1S/C46H44N4O2.Pt/c1-44(2,48-35-50(43-31-19-18-30-41(43)48)46(33-52,38-24-12-5-13-25-38)39-26-14-6-15-27-39)47-34-49(42-29-17-7-16-28-40(42)47)45(32-51,36-20-8-3-9-21-36)37-22-10-4-11-23-37;/h3-28,30-31,34-35,51-52H,29,32-33H2,1-2H3;/q-2;+2. The fourth-order valence-corrected chi connectivity index (χ4v) is 8.29. The summed E-state index contributed by atoms with van der Waals surface area (Å²) in [6.07, 6.45) is 9.25. The molecule has 0 radical (unpaired) electrons. The minimum atomic E-state index is -0.895. The molecule has 270 valence electrons. The van der Waals surface area contributed by atoms with Gasteiger partial charge in [0, 0.05) is 29.2 Å². The Labute approximate surface area is 327 Å².